The summed E-state index contributed by atoms with van der Waals surface area (Å²) in [4.78, 5) is 13.8. The molecule has 1 unspecified atom stereocenters. The van der Waals surface area contributed by atoms with Gasteiger partial charge in [0.25, 0.3) is 0 Å². The zero-order valence-corrected chi connectivity index (χ0v) is 13.7. The lowest BCUT2D eigenvalue weighted by Crippen LogP contribution is -3.13. The first kappa shape index (κ1) is 16.6. The van der Waals surface area contributed by atoms with Gasteiger partial charge in [-0.05, 0) is 44.4 Å². The zero-order valence-electron chi connectivity index (χ0n) is 13.7. The highest BCUT2D eigenvalue weighted by Gasteiger charge is 2.20. The summed E-state index contributed by atoms with van der Waals surface area (Å²) in [6.07, 6.45) is 3.77. The van der Waals surface area contributed by atoms with E-state index in [1.54, 1.807) is 32.4 Å². The van der Waals surface area contributed by atoms with Gasteiger partial charge < -0.3 is 19.1 Å². The Balaban J connectivity index is 1.93. The maximum atomic E-state index is 12.2. The van der Waals surface area contributed by atoms with Crippen LogP contribution in [0.3, 0.4) is 0 Å². The molecular formula is C17H26NO4+. The summed E-state index contributed by atoms with van der Waals surface area (Å²) in [5.41, 5.74) is 0.484. The quantitative estimate of drug-likeness (QED) is 0.805. The number of hydrogen-bond acceptors (Lipinski definition) is 4. The van der Waals surface area contributed by atoms with Crippen LogP contribution in [0.4, 0.5) is 0 Å². The standard InChI is InChI=1S/C17H25NO4/c1-13(12-18-9-5-4-6-10-18)22-17(19)14-7-8-15(20-2)16(11-14)21-3/h7-8,11,13H,4-6,9-10,12H2,1-3H3/p+1. The first-order valence-electron chi connectivity index (χ1n) is 7.90. The molecule has 1 aromatic carbocycles. The first-order chi connectivity index (χ1) is 10.6. The minimum Gasteiger partial charge on any atom is -0.493 e. The van der Waals surface area contributed by atoms with Crippen molar-refractivity contribution in [2.75, 3.05) is 33.9 Å². The lowest BCUT2D eigenvalue weighted by Gasteiger charge is -2.26. The highest BCUT2D eigenvalue weighted by molar-refractivity contribution is 5.90. The Hall–Kier alpha value is -1.75. The van der Waals surface area contributed by atoms with Crippen molar-refractivity contribution in [2.45, 2.75) is 32.3 Å². The molecule has 1 fully saturated rings. The Morgan fingerprint density at radius 3 is 2.45 bits per heavy atom. The van der Waals surface area contributed by atoms with Crippen molar-refractivity contribution in [3.8, 4) is 11.5 Å². The van der Waals surface area contributed by atoms with E-state index in [0.717, 1.165) is 6.54 Å². The number of hydrogen-bond donors (Lipinski definition) is 1. The molecule has 22 heavy (non-hydrogen) atoms. The average Bonchev–Trinajstić information content (AvgIpc) is 2.54. The molecule has 0 saturated carbocycles. The van der Waals surface area contributed by atoms with Crippen molar-refractivity contribution in [1.82, 2.24) is 0 Å². The van der Waals surface area contributed by atoms with E-state index < -0.39 is 0 Å². The second-order valence-corrected chi connectivity index (χ2v) is 5.80. The van der Waals surface area contributed by atoms with Crippen molar-refractivity contribution < 1.29 is 23.9 Å². The molecule has 1 N–H and O–H groups in total. The molecule has 1 aromatic rings. The van der Waals surface area contributed by atoms with Crippen LogP contribution in [-0.2, 0) is 4.74 Å². The molecular weight excluding hydrogens is 282 g/mol. The maximum absolute atomic E-state index is 12.2. The number of benzene rings is 1. The molecule has 1 heterocycles. The number of nitrogens with one attached hydrogen (secondary N) is 1. The minimum atomic E-state index is -0.315. The van der Waals surface area contributed by atoms with Crippen LogP contribution in [0.15, 0.2) is 18.2 Å². The molecule has 0 spiro atoms. The number of rotatable bonds is 6. The Bertz CT molecular complexity index is 497. The van der Waals surface area contributed by atoms with Gasteiger partial charge in [0.05, 0.1) is 32.9 Å². The maximum Gasteiger partial charge on any atom is 0.338 e. The van der Waals surface area contributed by atoms with Gasteiger partial charge in [-0.2, -0.15) is 0 Å². The normalized spacial score (nSPS) is 16.9. The molecule has 1 atom stereocenters. The van der Waals surface area contributed by atoms with E-state index in [1.807, 2.05) is 6.92 Å². The summed E-state index contributed by atoms with van der Waals surface area (Å²) in [5, 5.41) is 0. The van der Waals surface area contributed by atoms with Crippen molar-refractivity contribution in [1.29, 1.82) is 0 Å². The van der Waals surface area contributed by atoms with Gasteiger partial charge in [-0.15, -0.1) is 0 Å². The van der Waals surface area contributed by atoms with Crippen molar-refractivity contribution >= 4 is 5.97 Å². The lowest BCUT2D eigenvalue weighted by atomic mass is 10.1. The number of esters is 1. The van der Waals surface area contributed by atoms with E-state index in [4.69, 9.17) is 14.2 Å². The smallest absolute Gasteiger partial charge is 0.338 e. The van der Waals surface area contributed by atoms with Gasteiger partial charge in [-0.1, -0.05) is 0 Å². The Morgan fingerprint density at radius 1 is 1.14 bits per heavy atom. The molecule has 5 heteroatoms. The molecule has 0 amide bonds. The van der Waals surface area contributed by atoms with Crippen LogP contribution in [-0.4, -0.2) is 45.9 Å². The molecule has 0 aromatic heterocycles. The lowest BCUT2D eigenvalue weighted by molar-refractivity contribution is -0.907. The molecule has 1 saturated heterocycles. The highest BCUT2D eigenvalue weighted by atomic mass is 16.5. The summed E-state index contributed by atoms with van der Waals surface area (Å²) in [7, 11) is 3.12. The number of quaternary nitrogens is 1. The molecule has 1 aliphatic rings. The van der Waals surface area contributed by atoms with Gasteiger partial charge in [-0.25, -0.2) is 4.79 Å². The summed E-state index contributed by atoms with van der Waals surface area (Å²) in [6, 6.07) is 5.07. The fraction of sp³-hybridized carbons (Fsp3) is 0.588. The van der Waals surface area contributed by atoms with Crippen LogP contribution >= 0.6 is 0 Å². The van der Waals surface area contributed by atoms with Crippen LogP contribution in [0.5, 0.6) is 11.5 Å². The minimum absolute atomic E-state index is 0.0892. The summed E-state index contributed by atoms with van der Waals surface area (Å²) < 4.78 is 15.9. The third-order valence-electron chi connectivity index (χ3n) is 4.06. The Kier molecular flexibility index (Phi) is 6.07. The van der Waals surface area contributed by atoms with Crippen LogP contribution in [0.2, 0.25) is 0 Å². The Labute approximate surface area is 132 Å². The van der Waals surface area contributed by atoms with Crippen LogP contribution in [0.25, 0.3) is 0 Å². The SMILES string of the molecule is COc1ccc(C(=O)OC(C)C[NH+]2CCCCC2)cc1OC. The van der Waals surface area contributed by atoms with E-state index in [9.17, 15) is 4.79 Å². The van der Waals surface area contributed by atoms with Crippen molar-refractivity contribution in [2.24, 2.45) is 0 Å². The number of methoxy groups -OCH3 is 2. The zero-order chi connectivity index (χ0) is 15.9. The predicted molar refractivity (Wildman–Crippen MR) is 83.8 cm³/mol. The molecule has 122 valence electrons. The van der Waals surface area contributed by atoms with E-state index in [-0.39, 0.29) is 12.1 Å². The number of carbonyl (C=O) groups is 1. The number of piperidine rings is 1. The van der Waals surface area contributed by atoms with Crippen LogP contribution < -0.4 is 14.4 Å². The second kappa shape index (κ2) is 8.03. The summed E-state index contributed by atoms with van der Waals surface area (Å²) in [5.74, 6) is 0.820. The third kappa shape index (κ3) is 4.37. The number of likely N-dealkylation sites (tertiary alicyclic amines) is 1. The molecule has 0 bridgehead atoms. The largest absolute Gasteiger partial charge is 0.493 e. The Morgan fingerprint density at radius 2 is 1.82 bits per heavy atom. The van der Waals surface area contributed by atoms with Crippen molar-refractivity contribution in [3.05, 3.63) is 23.8 Å². The van der Waals surface area contributed by atoms with Gasteiger partial charge >= 0.3 is 5.97 Å². The summed E-state index contributed by atoms with van der Waals surface area (Å²) >= 11 is 0. The predicted octanol–water partition coefficient (Wildman–Crippen LogP) is 1.32. The first-order valence-corrected chi connectivity index (χ1v) is 7.90. The molecule has 0 radical (unpaired) electrons. The van der Waals surface area contributed by atoms with Gasteiger partial charge in [0.1, 0.15) is 12.6 Å². The molecule has 2 rings (SSSR count). The average molecular weight is 308 g/mol. The highest BCUT2D eigenvalue weighted by Crippen LogP contribution is 2.27. The van der Waals surface area contributed by atoms with Gasteiger partial charge in [-0.3, -0.25) is 0 Å². The summed E-state index contributed by atoms with van der Waals surface area (Å²) in [6.45, 7) is 5.19. The van der Waals surface area contributed by atoms with E-state index in [2.05, 4.69) is 0 Å². The van der Waals surface area contributed by atoms with Crippen LogP contribution in [0.1, 0.15) is 36.5 Å². The second-order valence-electron chi connectivity index (χ2n) is 5.80. The van der Waals surface area contributed by atoms with Gasteiger partial charge in [0, 0.05) is 0 Å². The molecule has 1 aliphatic heterocycles. The van der Waals surface area contributed by atoms with Gasteiger partial charge in [0.2, 0.25) is 0 Å². The topological polar surface area (TPSA) is 49.2 Å². The monoisotopic (exact) mass is 308 g/mol. The van der Waals surface area contributed by atoms with E-state index >= 15 is 0 Å². The van der Waals surface area contributed by atoms with E-state index in [1.165, 1.54) is 37.3 Å². The van der Waals surface area contributed by atoms with Crippen molar-refractivity contribution in [3.63, 3.8) is 0 Å². The van der Waals surface area contributed by atoms with Crippen LogP contribution in [0, 0.1) is 0 Å². The fourth-order valence-electron chi connectivity index (χ4n) is 2.92. The third-order valence-corrected chi connectivity index (χ3v) is 4.06. The van der Waals surface area contributed by atoms with E-state index in [0.29, 0.717) is 17.1 Å². The fourth-order valence-corrected chi connectivity index (χ4v) is 2.92. The number of ether oxygens (including phenoxy) is 3. The molecule has 5 nitrogen and oxygen atoms in total. The molecule has 0 aliphatic carbocycles. The van der Waals surface area contributed by atoms with Gasteiger partial charge in [0.15, 0.2) is 11.5 Å². The number of carbonyl (C=O) groups excluding carboxylic acids is 1.